The molecule has 0 bridgehead atoms. The molecule has 65 valence electrons. The summed E-state index contributed by atoms with van der Waals surface area (Å²) in [5, 5.41) is 8.83. The van der Waals surface area contributed by atoms with Crippen LogP contribution in [0.3, 0.4) is 0 Å². The molecule has 0 atom stereocenters. The number of H-pyrrole nitrogens is 1. The summed E-state index contributed by atoms with van der Waals surface area (Å²) < 4.78 is 0. The highest BCUT2D eigenvalue weighted by molar-refractivity contribution is 5.90. The van der Waals surface area contributed by atoms with Gasteiger partial charge < -0.3 is 10.1 Å². The number of carboxylic acid groups (broad SMARTS) is 1. The summed E-state index contributed by atoms with van der Waals surface area (Å²) in [7, 11) is 0. The molecular formula is C10H8NO2. The second-order valence-electron chi connectivity index (χ2n) is 2.76. The van der Waals surface area contributed by atoms with Crippen molar-refractivity contribution in [2.45, 2.75) is 0 Å². The molecule has 0 saturated heterocycles. The van der Waals surface area contributed by atoms with Gasteiger partial charge in [-0.2, -0.15) is 0 Å². The Morgan fingerprint density at radius 3 is 2.54 bits per heavy atom. The third kappa shape index (κ3) is 1.46. The Bertz CT molecular complexity index is 310. The van der Waals surface area contributed by atoms with E-state index in [1.165, 1.54) is 6.20 Å². The fourth-order valence-corrected chi connectivity index (χ4v) is 1.33. The molecule has 1 aliphatic rings. The van der Waals surface area contributed by atoms with Crippen molar-refractivity contribution < 1.29 is 9.90 Å². The van der Waals surface area contributed by atoms with E-state index in [1.54, 1.807) is 6.20 Å². The number of hydrogen-bond donors (Lipinski definition) is 2. The number of nitrogens with one attached hydrogen (secondary N) is 1. The molecule has 2 N–H and O–H groups in total. The molecule has 0 unspecified atom stereocenters. The lowest BCUT2D eigenvalue weighted by Crippen LogP contribution is -2.02. The van der Waals surface area contributed by atoms with Crippen molar-refractivity contribution >= 4 is 5.97 Å². The highest BCUT2D eigenvalue weighted by Gasteiger charge is 2.24. The van der Waals surface area contributed by atoms with Crippen LogP contribution in [0.1, 0.15) is 15.9 Å². The summed E-state index contributed by atoms with van der Waals surface area (Å²) in [6.07, 6.45) is 10.7. The molecular weight excluding hydrogens is 166 g/mol. The number of carboxylic acids is 1. The van der Waals surface area contributed by atoms with Gasteiger partial charge in [-0.25, -0.2) is 4.79 Å². The van der Waals surface area contributed by atoms with E-state index in [0.29, 0.717) is 5.56 Å². The third-order valence-electron chi connectivity index (χ3n) is 1.95. The molecule has 0 aromatic carbocycles. The Labute approximate surface area is 76.8 Å². The molecule has 1 heterocycles. The van der Waals surface area contributed by atoms with E-state index in [4.69, 9.17) is 5.11 Å². The number of hydrogen-bond acceptors (Lipinski definition) is 1. The average molecular weight is 174 g/mol. The zero-order valence-electron chi connectivity index (χ0n) is 6.82. The predicted molar refractivity (Wildman–Crippen MR) is 47.3 cm³/mol. The second-order valence-corrected chi connectivity index (χ2v) is 2.76. The van der Waals surface area contributed by atoms with Gasteiger partial charge in [-0.05, 0) is 31.2 Å². The summed E-state index contributed by atoms with van der Waals surface area (Å²) in [6, 6.07) is 0. The van der Waals surface area contributed by atoms with Gasteiger partial charge in [0.25, 0.3) is 0 Å². The van der Waals surface area contributed by atoms with E-state index in [1.807, 2.05) is 25.7 Å². The number of rotatable bonds is 2. The fraction of sp³-hybridized carbons (Fsp3) is 0. The van der Waals surface area contributed by atoms with E-state index < -0.39 is 5.97 Å². The van der Waals surface area contributed by atoms with Gasteiger partial charge in [-0.1, -0.05) is 0 Å². The molecule has 0 amide bonds. The van der Waals surface area contributed by atoms with Crippen molar-refractivity contribution in [3.05, 3.63) is 55.1 Å². The van der Waals surface area contributed by atoms with E-state index in [9.17, 15) is 4.79 Å². The highest BCUT2D eigenvalue weighted by atomic mass is 16.4. The van der Waals surface area contributed by atoms with Crippen LogP contribution in [0, 0.1) is 31.6 Å². The minimum Gasteiger partial charge on any atom is -0.478 e. The molecule has 1 aromatic rings. The van der Waals surface area contributed by atoms with Crippen molar-refractivity contribution in [3.63, 3.8) is 0 Å². The summed E-state index contributed by atoms with van der Waals surface area (Å²) >= 11 is 0. The Kier molecular flexibility index (Phi) is 2.08. The Morgan fingerprint density at radius 1 is 1.23 bits per heavy atom. The number of aromatic amines is 1. The molecule has 0 spiro atoms. The average Bonchev–Trinajstić information content (AvgIpc) is 2.74. The largest absolute Gasteiger partial charge is 0.478 e. The minimum atomic E-state index is -0.905. The first-order chi connectivity index (χ1) is 6.29. The molecule has 3 heteroatoms. The van der Waals surface area contributed by atoms with Crippen molar-refractivity contribution in [2.24, 2.45) is 0 Å². The van der Waals surface area contributed by atoms with Crippen molar-refractivity contribution in [2.75, 3.05) is 0 Å². The van der Waals surface area contributed by atoms with Gasteiger partial charge in [0.1, 0.15) is 0 Å². The second kappa shape index (κ2) is 3.24. The van der Waals surface area contributed by atoms with Gasteiger partial charge in [0.15, 0.2) is 0 Å². The Morgan fingerprint density at radius 2 is 1.92 bits per heavy atom. The van der Waals surface area contributed by atoms with Crippen LogP contribution in [0.2, 0.25) is 0 Å². The van der Waals surface area contributed by atoms with Crippen LogP contribution < -0.4 is 0 Å². The Hall–Kier alpha value is -1.25. The normalized spacial score (nSPS) is 17.8. The first kappa shape index (κ1) is 8.35. The maximum atomic E-state index is 10.8. The van der Waals surface area contributed by atoms with Crippen molar-refractivity contribution in [3.8, 4) is 0 Å². The van der Waals surface area contributed by atoms with Crippen LogP contribution in [0.25, 0.3) is 0 Å². The SMILES string of the molecule is O=C(O)c1c[nH]cc1[C]1[CH][CH][CH][CH]1. The summed E-state index contributed by atoms with van der Waals surface area (Å²) in [5.41, 5.74) is 1.05. The van der Waals surface area contributed by atoms with Crippen LogP contribution in [-0.2, 0) is 0 Å². The summed E-state index contributed by atoms with van der Waals surface area (Å²) in [5.74, 6) is 0.0242. The third-order valence-corrected chi connectivity index (χ3v) is 1.95. The lowest BCUT2D eigenvalue weighted by molar-refractivity contribution is 0.0696. The van der Waals surface area contributed by atoms with Gasteiger partial charge in [0, 0.05) is 18.3 Å². The van der Waals surface area contributed by atoms with Gasteiger partial charge >= 0.3 is 5.97 Å². The lowest BCUT2D eigenvalue weighted by Gasteiger charge is -2.05. The fourth-order valence-electron chi connectivity index (χ4n) is 1.33. The van der Waals surface area contributed by atoms with Crippen LogP contribution >= 0.6 is 0 Å². The molecule has 1 saturated carbocycles. The first-order valence-corrected chi connectivity index (χ1v) is 3.91. The van der Waals surface area contributed by atoms with Crippen LogP contribution in [0.5, 0.6) is 0 Å². The zero-order valence-corrected chi connectivity index (χ0v) is 6.82. The van der Waals surface area contributed by atoms with Crippen LogP contribution in [0.4, 0.5) is 0 Å². The summed E-state index contributed by atoms with van der Waals surface area (Å²) in [6.45, 7) is 0. The monoisotopic (exact) mass is 174 g/mol. The molecule has 1 aromatic heterocycles. The lowest BCUT2D eigenvalue weighted by atomic mass is 9.97. The number of aromatic carboxylic acids is 1. The maximum Gasteiger partial charge on any atom is 0.337 e. The molecule has 2 rings (SSSR count). The van der Waals surface area contributed by atoms with E-state index >= 15 is 0 Å². The smallest absolute Gasteiger partial charge is 0.337 e. The number of carbonyl (C=O) groups is 1. The molecule has 1 aliphatic carbocycles. The number of aromatic nitrogens is 1. The molecule has 1 fully saturated rings. The Balaban J connectivity index is 2.28. The van der Waals surface area contributed by atoms with Gasteiger partial charge in [-0.3, -0.25) is 0 Å². The molecule has 3 nitrogen and oxygen atoms in total. The zero-order chi connectivity index (χ0) is 9.26. The van der Waals surface area contributed by atoms with E-state index in [-0.39, 0.29) is 0 Å². The van der Waals surface area contributed by atoms with E-state index in [2.05, 4.69) is 4.98 Å². The standard InChI is InChI=1S/C10H8NO2/c12-10(13)9-6-11-5-8(9)7-3-1-2-4-7/h1-6,11H,(H,12,13). The van der Waals surface area contributed by atoms with Crippen molar-refractivity contribution in [1.82, 2.24) is 4.98 Å². The first-order valence-electron chi connectivity index (χ1n) is 3.91. The van der Waals surface area contributed by atoms with Crippen LogP contribution in [0.15, 0.2) is 12.4 Å². The minimum absolute atomic E-state index is 0.311. The molecule has 5 radical (unpaired) electrons. The summed E-state index contributed by atoms with van der Waals surface area (Å²) in [4.78, 5) is 13.5. The van der Waals surface area contributed by atoms with Crippen LogP contribution in [-0.4, -0.2) is 16.1 Å². The highest BCUT2D eigenvalue weighted by Crippen LogP contribution is 2.31. The van der Waals surface area contributed by atoms with E-state index in [0.717, 1.165) is 11.5 Å². The van der Waals surface area contributed by atoms with Crippen molar-refractivity contribution in [1.29, 1.82) is 0 Å². The van der Waals surface area contributed by atoms with Gasteiger partial charge in [0.05, 0.1) is 5.56 Å². The van der Waals surface area contributed by atoms with Gasteiger partial charge in [0.2, 0.25) is 0 Å². The maximum absolute atomic E-state index is 10.8. The predicted octanol–water partition coefficient (Wildman–Crippen LogP) is 1.47. The molecule has 13 heavy (non-hydrogen) atoms. The molecule has 0 aliphatic heterocycles. The quantitative estimate of drug-likeness (QED) is 0.713. The van der Waals surface area contributed by atoms with Gasteiger partial charge in [-0.15, -0.1) is 0 Å². The topological polar surface area (TPSA) is 53.1 Å².